The van der Waals surface area contributed by atoms with Crippen LogP contribution in [-0.4, -0.2) is 17.0 Å². The van der Waals surface area contributed by atoms with E-state index in [1.54, 1.807) is 0 Å². The highest BCUT2D eigenvalue weighted by molar-refractivity contribution is 5.84. The highest BCUT2D eigenvalue weighted by Gasteiger charge is 2.07. The molecule has 0 spiro atoms. The Morgan fingerprint density at radius 3 is 2.16 bits per heavy atom. The Hall–Kier alpha value is -2.36. The summed E-state index contributed by atoms with van der Waals surface area (Å²) in [6.07, 6.45) is 0.950. The monoisotopic (exact) mass is 262 g/mol. The van der Waals surface area contributed by atoms with Crippen molar-refractivity contribution in [2.45, 2.75) is 20.0 Å². The molecule has 0 bridgehead atoms. The lowest BCUT2D eigenvalue weighted by Crippen LogP contribution is -2.05. The van der Waals surface area contributed by atoms with Crippen LogP contribution in [0.15, 0.2) is 55.1 Å². The zero-order valence-electron chi connectivity index (χ0n) is 11.1. The Labute approximate surface area is 113 Å². The first-order chi connectivity index (χ1) is 8.88. The number of carboxylic acid groups (broad SMARTS) is 1. The van der Waals surface area contributed by atoms with Crippen LogP contribution in [0.25, 0.3) is 0 Å². The fourth-order valence-corrected chi connectivity index (χ4v) is 1.01. The molecule has 1 aromatic carbocycles. The third-order valence-electron chi connectivity index (χ3n) is 2.09. The van der Waals surface area contributed by atoms with E-state index in [4.69, 9.17) is 9.84 Å². The van der Waals surface area contributed by atoms with Crippen LogP contribution in [0.2, 0.25) is 0 Å². The Balaban J connectivity index is 0.000000459. The summed E-state index contributed by atoms with van der Waals surface area (Å²) in [7, 11) is 0. The summed E-state index contributed by atoms with van der Waals surface area (Å²) >= 11 is 0. The predicted octanol–water partition coefficient (Wildman–Crippen LogP) is 3.12. The minimum absolute atomic E-state index is 0.176. The van der Waals surface area contributed by atoms with E-state index in [2.05, 4.69) is 13.2 Å². The van der Waals surface area contributed by atoms with Gasteiger partial charge in [-0.15, -0.1) is 0 Å². The molecule has 0 aliphatic carbocycles. The third kappa shape index (κ3) is 7.54. The van der Waals surface area contributed by atoms with Gasteiger partial charge in [0.25, 0.3) is 0 Å². The average molecular weight is 262 g/mol. The molecular weight excluding hydrogens is 244 g/mol. The average Bonchev–Trinajstić information content (AvgIpc) is 2.40. The van der Waals surface area contributed by atoms with Crippen molar-refractivity contribution >= 4 is 11.9 Å². The predicted molar refractivity (Wildman–Crippen MR) is 73.6 cm³/mol. The van der Waals surface area contributed by atoms with E-state index >= 15 is 0 Å². The Morgan fingerprint density at radius 2 is 1.79 bits per heavy atom. The van der Waals surface area contributed by atoms with E-state index in [0.29, 0.717) is 0 Å². The molecule has 0 fully saturated rings. The smallest absolute Gasteiger partial charge is 0.330 e. The number of ether oxygens (including phenoxy) is 1. The second-order valence-corrected chi connectivity index (χ2v) is 3.78. The van der Waals surface area contributed by atoms with E-state index < -0.39 is 11.9 Å². The van der Waals surface area contributed by atoms with Crippen molar-refractivity contribution in [1.29, 1.82) is 0 Å². The van der Waals surface area contributed by atoms with E-state index in [-0.39, 0.29) is 11.7 Å². The van der Waals surface area contributed by atoms with Crippen molar-refractivity contribution in [3.8, 4) is 0 Å². The maximum atomic E-state index is 10.9. The van der Waals surface area contributed by atoms with Crippen LogP contribution in [-0.2, 0) is 14.3 Å². The number of carbonyl (C=O) groups excluding carboxylic acids is 1. The van der Waals surface area contributed by atoms with E-state index in [9.17, 15) is 9.59 Å². The Morgan fingerprint density at radius 1 is 1.32 bits per heavy atom. The van der Waals surface area contributed by atoms with Crippen LogP contribution in [0.5, 0.6) is 0 Å². The number of esters is 1. The van der Waals surface area contributed by atoms with Gasteiger partial charge in [-0.3, -0.25) is 0 Å². The standard InChI is InChI=1S/C11H12O2.C4H6O2/c1-3-11(12)13-9(2)10-7-5-4-6-8-10;1-3(2)4(5)6/h3-9H,1H2,2H3;1H2,2H3,(H,5,6). The molecule has 1 unspecified atom stereocenters. The zero-order valence-corrected chi connectivity index (χ0v) is 11.1. The summed E-state index contributed by atoms with van der Waals surface area (Å²) in [4.78, 5) is 20.5. The first-order valence-electron chi connectivity index (χ1n) is 5.65. The summed E-state index contributed by atoms with van der Waals surface area (Å²) in [5.74, 6) is -1.33. The third-order valence-corrected chi connectivity index (χ3v) is 2.09. The number of hydrogen-bond acceptors (Lipinski definition) is 3. The molecular formula is C15H18O4. The number of hydrogen-bond donors (Lipinski definition) is 1. The highest BCUT2D eigenvalue weighted by Crippen LogP contribution is 2.15. The molecule has 1 aromatic rings. The van der Waals surface area contributed by atoms with Gasteiger partial charge in [0.05, 0.1) is 0 Å². The lowest BCUT2D eigenvalue weighted by molar-refractivity contribution is -0.142. The van der Waals surface area contributed by atoms with E-state index in [1.807, 2.05) is 37.3 Å². The van der Waals surface area contributed by atoms with Crippen LogP contribution in [0, 0.1) is 0 Å². The van der Waals surface area contributed by atoms with Crippen LogP contribution in [0.1, 0.15) is 25.5 Å². The molecule has 0 saturated heterocycles. The summed E-state index contributed by atoms with van der Waals surface area (Å²) in [6.45, 7) is 9.76. The molecule has 0 aliphatic rings. The Bertz CT molecular complexity index is 436. The maximum Gasteiger partial charge on any atom is 0.330 e. The summed E-state index contributed by atoms with van der Waals surface area (Å²) in [5, 5.41) is 7.89. The zero-order chi connectivity index (χ0) is 14.8. The number of carboxylic acids is 1. The second kappa shape index (κ2) is 8.69. The van der Waals surface area contributed by atoms with Crippen molar-refractivity contribution in [3.05, 3.63) is 60.7 Å². The van der Waals surface area contributed by atoms with Gasteiger partial charge < -0.3 is 9.84 Å². The Kier molecular flexibility index (Phi) is 7.61. The van der Waals surface area contributed by atoms with Crippen LogP contribution < -0.4 is 0 Å². The fraction of sp³-hybridized carbons (Fsp3) is 0.200. The molecule has 0 saturated carbocycles. The lowest BCUT2D eigenvalue weighted by Gasteiger charge is -2.11. The van der Waals surface area contributed by atoms with Gasteiger partial charge in [0.1, 0.15) is 6.10 Å². The molecule has 0 amide bonds. The van der Waals surface area contributed by atoms with Gasteiger partial charge in [-0.1, -0.05) is 43.5 Å². The molecule has 4 heteroatoms. The van der Waals surface area contributed by atoms with Crippen molar-refractivity contribution in [1.82, 2.24) is 0 Å². The number of benzene rings is 1. The van der Waals surface area contributed by atoms with Crippen LogP contribution in [0.4, 0.5) is 0 Å². The number of aliphatic carboxylic acids is 1. The molecule has 19 heavy (non-hydrogen) atoms. The molecule has 102 valence electrons. The molecule has 1 N–H and O–H groups in total. The van der Waals surface area contributed by atoms with Crippen molar-refractivity contribution < 1.29 is 19.4 Å². The minimum atomic E-state index is -0.935. The van der Waals surface area contributed by atoms with Gasteiger partial charge >= 0.3 is 11.9 Å². The van der Waals surface area contributed by atoms with Crippen molar-refractivity contribution in [2.75, 3.05) is 0 Å². The van der Waals surface area contributed by atoms with Crippen LogP contribution in [0.3, 0.4) is 0 Å². The minimum Gasteiger partial charge on any atom is -0.478 e. The number of rotatable bonds is 4. The molecule has 0 aromatic heterocycles. The van der Waals surface area contributed by atoms with E-state index in [1.165, 1.54) is 13.0 Å². The SMILES string of the molecule is C=C(C)C(=O)O.C=CC(=O)OC(C)c1ccccc1. The van der Waals surface area contributed by atoms with Gasteiger partial charge in [-0.25, -0.2) is 9.59 Å². The van der Waals surface area contributed by atoms with E-state index in [0.717, 1.165) is 5.56 Å². The normalized spacial score (nSPS) is 10.4. The van der Waals surface area contributed by atoms with Crippen molar-refractivity contribution in [3.63, 3.8) is 0 Å². The molecule has 0 aliphatic heterocycles. The molecule has 0 heterocycles. The van der Waals surface area contributed by atoms with Gasteiger partial charge in [0.15, 0.2) is 0 Å². The topological polar surface area (TPSA) is 63.6 Å². The van der Waals surface area contributed by atoms with Gasteiger partial charge in [0.2, 0.25) is 0 Å². The molecule has 1 atom stereocenters. The molecule has 0 radical (unpaired) electrons. The molecule has 4 nitrogen and oxygen atoms in total. The lowest BCUT2D eigenvalue weighted by atomic mass is 10.1. The summed E-state index contributed by atoms with van der Waals surface area (Å²) in [6, 6.07) is 9.58. The summed E-state index contributed by atoms with van der Waals surface area (Å²) in [5.41, 5.74) is 1.16. The van der Waals surface area contributed by atoms with Gasteiger partial charge in [-0.2, -0.15) is 0 Å². The first kappa shape index (κ1) is 16.6. The fourth-order valence-electron chi connectivity index (χ4n) is 1.01. The highest BCUT2D eigenvalue weighted by atomic mass is 16.5. The van der Waals surface area contributed by atoms with Gasteiger partial charge in [-0.05, 0) is 19.4 Å². The van der Waals surface area contributed by atoms with Gasteiger partial charge in [0, 0.05) is 11.6 Å². The van der Waals surface area contributed by atoms with Crippen molar-refractivity contribution in [2.24, 2.45) is 0 Å². The summed E-state index contributed by atoms with van der Waals surface area (Å²) < 4.78 is 5.03. The largest absolute Gasteiger partial charge is 0.478 e. The number of carbonyl (C=O) groups is 2. The molecule has 1 rings (SSSR count). The second-order valence-electron chi connectivity index (χ2n) is 3.78. The maximum absolute atomic E-state index is 10.9. The first-order valence-corrected chi connectivity index (χ1v) is 5.65. The van der Waals surface area contributed by atoms with Crippen LogP contribution >= 0.6 is 0 Å². The quantitative estimate of drug-likeness (QED) is 0.669.